The highest BCUT2D eigenvalue weighted by Crippen LogP contribution is 2.32. The van der Waals surface area contributed by atoms with Gasteiger partial charge >= 0.3 is 0 Å². The summed E-state index contributed by atoms with van der Waals surface area (Å²) in [5.74, 6) is 1.51. The Morgan fingerprint density at radius 3 is 2.80 bits per heavy atom. The van der Waals surface area contributed by atoms with Crippen LogP contribution in [0.3, 0.4) is 0 Å². The normalized spacial score (nSPS) is 27.2. The molecule has 1 saturated heterocycles. The summed E-state index contributed by atoms with van der Waals surface area (Å²) in [6, 6.07) is 0.677. The average Bonchev–Trinajstić information content (AvgIpc) is 2.94. The molecule has 1 saturated carbocycles. The molecular formula is C15H28N2O2S. The number of amides is 1. The molecule has 0 unspecified atom stereocenters. The highest BCUT2D eigenvalue weighted by atomic mass is 32.2. The van der Waals surface area contributed by atoms with Gasteiger partial charge in [0.2, 0.25) is 5.91 Å². The molecule has 0 spiro atoms. The molecular weight excluding hydrogens is 272 g/mol. The second-order valence-corrected chi connectivity index (χ2v) is 7.35. The first-order chi connectivity index (χ1) is 9.70. The Balaban J connectivity index is 1.67. The minimum atomic E-state index is 0.289. The van der Waals surface area contributed by atoms with Gasteiger partial charge in [0, 0.05) is 37.3 Å². The van der Waals surface area contributed by atoms with E-state index in [1.54, 1.807) is 0 Å². The predicted octanol–water partition coefficient (Wildman–Crippen LogP) is 1.84. The number of rotatable bonds is 6. The first kappa shape index (κ1) is 16.1. The first-order valence-electron chi connectivity index (χ1n) is 7.88. The Kier molecular flexibility index (Phi) is 6.65. The summed E-state index contributed by atoms with van der Waals surface area (Å²) in [6.07, 6.45) is 4.57. The number of carbonyl (C=O) groups excluding carboxylic acids is 1. The molecule has 1 aliphatic heterocycles. The Hall–Kier alpha value is -0.260. The molecule has 2 aliphatic rings. The van der Waals surface area contributed by atoms with Crippen molar-refractivity contribution in [2.45, 2.75) is 43.9 Å². The van der Waals surface area contributed by atoms with Crippen molar-refractivity contribution in [3.63, 3.8) is 0 Å². The summed E-state index contributed by atoms with van der Waals surface area (Å²) in [4.78, 5) is 16.5. The lowest BCUT2D eigenvalue weighted by Gasteiger charge is -2.29. The van der Waals surface area contributed by atoms with Gasteiger partial charge in [0.15, 0.2) is 0 Å². The summed E-state index contributed by atoms with van der Waals surface area (Å²) in [5, 5.41) is 0.836. The molecule has 0 N–H and O–H groups in total. The number of hydrogen-bond acceptors (Lipinski definition) is 4. The molecule has 1 heterocycles. The number of ether oxygens (including phenoxy) is 1. The maximum atomic E-state index is 12.1. The van der Waals surface area contributed by atoms with Crippen molar-refractivity contribution in [1.82, 2.24) is 9.80 Å². The molecule has 1 aliphatic carbocycles. The predicted molar refractivity (Wildman–Crippen MR) is 84.2 cm³/mol. The van der Waals surface area contributed by atoms with Crippen LogP contribution in [0.25, 0.3) is 0 Å². The van der Waals surface area contributed by atoms with Gasteiger partial charge in [-0.25, -0.2) is 0 Å². The van der Waals surface area contributed by atoms with Crippen LogP contribution in [0.2, 0.25) is 0 Å². The maximum Gasteiger partial charge on any atom is 0.224 e. The largest absolute Gasteiger partial charge is 0.378 e. The van der Waals surface area contributed by atoms with Gasteiger partial charge in [-0.1, -0.05) is 6.92 Å². The fraction of sp³-hybridized carbons (Fsp3) is 0.933. The third kappa shape index (κ3) is 4.64. The molecule has 20 heavy (non-hydrogen) atoms. The van der Waals surface area contributed by atoms with E-state index in [9.17, 15) is 4.79 Å². The SMILES string of the molecule is CCS[C@H]1CC[C@@H](N(C)CCC(=O)N2CCOCC2)C1. The third-order valence-corrected chi connectivity index (χ3v) is 5.66. The minimum absolute atomic E-state index is 0.289. The van der Waals surface area contributed by atoms with Crippen LogP contribution in [0.15, 0.2) is 0 Å². The van der Waals surface area contributed by atoms with E-state index in [0.717, 1.165) is 24.9 Å². The van der Waals surface area contributed by atoms with Crippen molar-refractivity contribution in [3.8, 4) is 0 Å². The number of thioether (sulfide) groups is 1. The molecule has 2 fully saturated rings. The fourth-order valence-electron chi connectivity index (χ4n) is 3.13. The topological polar surface area (TPSA) is 32.8 Å². The van der Waals surface area contributed by atoms with E-state index in [4.69, 9.17) is 4.74 Å². The molecule has 116 valence electrons. The second-order valence-electron chi connectivity index (χ2n) is 5.77. The number of nitrogens with zero attached hydrogens (tertiary/aromatic N) is 2. The molecule has 0 bridgehead atoms. The summed E-state index contributed by atoms with van der Waals surface area (Å²) in [6.45, 7) is 6.05. The van der Waals surface area contributed by atoms with Crippen LogP contribution >= 0.6 is 11.8 Å². The zero-order chi connectivity index (χ0) is 14.4. The van der Waals surface area contributed by atoms with Crippen molar-refractivity contribution >= 4 is 17.7 Å². The average molecular weight is 300 g/mol. The van der Waals surface area contributed by atoms with Crippen LogP contribution in [0.5, 0.6) is 0 Å². The van der Waals surface area contributed by atoms with E-state index in [2.05, 4.69) is 30.6 Å². The quantitative estimate of drug-likeness (QED) is 0.749. The second kappa shape index (κ2) is 8.25. The smallest absolute Gasteiger partial charge is 0.224 e. The van der Waals surface area contributed by atoms with Gasteiger partial charge in [-0.05, 0) is 32.1 Å². The van der Waals surface area contributed by atoms with Gasteiger partial charge < -0.3 is 14.5 Å². The molecule has 5 heteroatoms. The van der Waals surface area contributed by atoms with Crippen LogP contribution in [0.1, 0.15) is 32.6 Å². The molecule has 0 aromatic heterocycles. The zero-order valence-electron chi connectivity index (χ0n) is 12.8. The van der Waals surface area contributed by atoms with E-state index in [1.165, 1.54) is 25.0 Å². The summed E-state index contributed by atoms with van der Waals surface area (Å²) in [7, 11) is 2.18. The highest BCUT2D eigenvalue weighted by molar-refractivity contribution is 7.99. The Labute approximate surface area is 127 Å². The lowest BCUT2D eigenvalue weighted by atomic mass is 10.2. The van der Waals surface area contributed by atoms with Crippen molar-refractivity contribution in [2.75, 3.05) is 45.6 Å². The maximum absolute atomic E-state index is 12.1. The van der Waals surface area contributed by atoms with Gasteiger partial charge in [-0.15, -0.1) is 0 Å². The van der Waals surface area contributed by atoms with E-state index in [0.29, 0.717) is 25.7 Å². The van der Waals surface area contributed by atoms with Crippen molar-refractivity contribution in [1.29, 1.82) is 0 Å². The summed E-state index contributed by atoms with van der Waals surface area (Å²) >= 11 is 2.09. The van der Waals surface area contributed by atoms with Crippen LogP contribution in [-0.4, -0.2) is 72.6 Å². The minimum Gasteiger partial charge on any atom is -0.378 e. The van der Waals surface area contributed by atoms with E-state index < -0.39 is 0 Å². The zero-order valence-corrected chi connectivity index (χ0v) is 13.7. The standard InChI is InChI=1S/C15H28N2O2S/c1-3-20-14-5-4-13(12-14)16(2)7-6-15(18)17-8-10-19-11-9-17/h13-14H,3-12H2,1-2H3/t13-,14+/m1/s1. The molecule has 2 atom stereocenters. The lowest BCUT2D eigenvalue weighted by Crippen LogP contribution is -2.42. The van der Waals surface area contributed by atoms with Gasteiger partial charge in [-0.3, -0.25) is 4.79 Å². The monoisotopic (exact) mass is 300 g/mol. The molecule has 2 rings (SSSR count). The van der Waals surface area contributed by atoms with Crippen LogP contribution in [-0.2, 0) is 9.53 Å². The molecule has 0 aromatic carbocycles. The van der Waals surface area contributed by atoms with Crippen molar-refractivity contribution < 1.29 is 9.53 Å². The van der Waals surface area contributed by atoms with Crippen LogP contribution in [0, 0.1) is 0 Å². The fourth-order valence-corrected chi connectivity index (χ4v) is 4.26. The third-order valence-electron chi connectivity index (χ3n) is 4.42. The molecule has 1 amide bonds. The molecule has 4 nitrogen and oxygen atoms in total. The van der Waals surface area contributed by atoms with Gasteiger partial charge in [0.25, 0.3) is 0 Å². The Morgan fingerprint density at radius 1 is 1.35 bits per heavy atom. The van der Waals surface area contributed by atoms with Crippen molar-refractivity contribution in [3.05, 3.63) is 0 Å². The molecule has 0 aromatic rings. The van der Waals surface area contributed by atoms with Crippen molar-refractivity contribution in [2.24, 2.45) is 0 Å². The molecule has 0 radical (unpaired) electrons. The summed E-state index contributed by atoms with van der Waals surface area (Å²) < 4.78 is 5.28. The highest BCUT2D eigenvalue weighted by Gasteiger charge is 2.27. The number of morpholine rings is 1. The van der Waals surface area contributed by atoms with Gasteiger partial charge in [0.1, 0.15) is 0 Å². The first-order valence-corrected chi connectivity index (χ1v) is 8.93. The number of carbonyl (C=O) groups is 1. The lowest BCUT2D eigenvalue weighted by molar-refractivity contribution is -0.135. The Morgan fingerprint density at radius 2 is 2.10 bits per heavy atom. The van der Waals surface area contributed by atoms with Gasteiger partial charge in [-0.2, -0.15) is 11.8 Å². The van der Waals surface area contributed by atoms with E-state index in [1.807, 2.05) is 4.90 Å². The van der Waals surface area contributed by atoms with Crippen LogP contribution in [0.4, 0.5) is 0 Å². The van der Waals surface area contributed by atoms with Crippen LogP contribution < -0.4 is 0 Å². The Bertz CT molecular complexity index is 308. The summed E-state index contributed by atoms with van der Waals surface area (Å²) in [5.41, 5.74) is 0. The van der Waals surface area contributed by atoms with E-state index >= 15 is 0 Å². The van der Waals surface area contributed by atoms with E-state index in [-0.39, 0.29) is 5.91 Å². The van der Waals surface area contributed by atoms with Gasteiger partial charge in [0.05, 0.1) is 13.2 Å². The number of hydrogen-bond donors (Lipinski definition) is 0.